The van der Waals surface area contributed by atoms with Gasteiger partial charge in [-0.15, -0.1) is 0 Å². The fourth-order valence-corrected chi connectivity index (χ4v) is 2.00. The highest BCUT2D eigenvalue weighted by molar-refractivity contribution is 5.73. The number of benzene rings is 1. The number of methoxy groups -OCH3 is 1. The van der Waals surface area contributed by atoms with Crippen LogP contribution in [0.5, 0.6) is 5.75 Å². The first-order chi connectivity index (χ1) is 9.20. The van der Waals surface area contributed by atoms with E-state index in [-0.39, 0.29) is 0 Å². The van der Waals surface area contributed by atoms with Crippen LogP contribution < -0.4 is 15.8 Å². The molecule has 0 aliphatic carbocycles. The van der Waals surface area contributed by atoms with Crippen LogP contribution in [0.15, 0.2) is 41.0 Å². The number of anilines is 2. The maximum Gasteiger partial charge on any atom is 0.143 e. The van der Waals surface area contributed by atoms with E-state index in [1.807, 2.05) is 30.3 Å². The second-order valence-electron chi connectivity index (χ2n) is 4.58. The van der Waals surface area contributed by atoms with E-state index in [2.05, 4.69) is 12.2 Å². The van der Waals surface area contributed by atoms with Crippen molar-refractivity contribution >= 4 is 11.4 Å². The summed E-state index contributed by atoms with van der Waals surface area (Å²) >= 11 is 0. The number of nitrogens with one attached hydrogen (secondary N) is 1. The highest BCUT2D eigenvalue weighted by atomic mass is 16.5. The van der Waals surface area contributed by atoms with Gasteiger partial charge >= 0.3 is 0 Å². The first-order valence-corrected chi connectivity index (χ1v) is 6.42. The van der Waals surface area contributed by atoms with E-state index in [4.69, 9.17) is 14.9 Å². The summed E-state index contributed by atoms with van der Waals surface area (Å²) in [7, 11) is 1.62. The van der Waals surface area contributed by atoms with Gasteiger partial charge in [-0.1, -0.05) is 6.07 Å². The molecular weight excluding hydrogens is 240 g/mol. The topological polar surface area (TPSA) is 60.4 Å². The van der Waals surface area contributed by atoms with E-state index in [9.17, 15) is 0 Å². The lowest BCUT2D eigenvalue weighted by Crippen LogP contribution is -2.17. The smallest absolute Gasteiger partial charge is 0.143 e. The molecule has 4 heteroatoms. The van der Waals surface area contributed by atoms with Crippen molar-refractivity contribution in [2.75, 3.05) is 18.2 Å². The highest BCUT2D eigenvalue weighted by Crippen LogP contribution is 2.29. The molecule has 102 valence electrons. The predicted octanol–water partition coefficient (Wildman–Crippen LogP) is 3.30. The van der Waals surface area contributed by atoms with Gasteiger partial charge in [-0.05, 0) is 37.6 Å². The number of nitrogen functional groups attached to an aromatic ring is 1. The normalized spacial score (nSPS) is 12.1. The second-order valence-corrected chi connectivity index (χ2v) is 4.58. The van der Waals surface area contributed by atoms with Crippen LogP contribution in [-0.4, -0.2) is 13.2 Å². The van der Waals surface area contributed by atoms with E-state index >= 15 is 0 Å². The molecule has 1 unspecified atom stereocenters. The average Bonchev–Trinajstić information content (AvgIpc) is 2.92. The summed E-state index contributed by atoms with van der Waals surface area (Å²) in [5.41, 5.74) is 7.58. The molecule has 0 radical (unpaired) electrons. The van der Waals surface area contributed by atoms with E-state index in [0.717, 1.165) is 24.3 Å². The van der Waals surface area contributed by atoms with Crippen LogP contribution >= 0.6 is 0 Å². The summed E-state index contributed by atoms with van der Waals surface area (Å²) in [6.45, 7) is 2.13. The molecule has 19 heavy (non-hydrogen) atoms. The van der Waals surface area contributed by atoms with Gasteiger partial charge in [0.1, 0.15) is 11.5 Å². The largest absolute Gasteiger partial charge is 0.495 e. The summed E-state index contributed by atoms with van der Waals surface area (Å²) in [6, 6.07) is 9.95. The van der Waals surface area contributed by atoms with Crippen molar-refractivity contribution in [3.63, 3.8) is 0 Å². The number of ether oxygens (including phenoxy) is 1. The molecule has 1 atom stereocenters. The first-order valence-electron chi connectivity index (χ1n) is 6.42. The molecule has 0 bridgehead atoms. The van der Waals surface area contributed by atoms with Crippen molar-refractivity contribution in [1.82, 2.24) is 0 Å². The zero-order valence-electron chi connectivity index (χ0n) is 11.3. The lowest BCUT2D eigenvalue weighted by molar-refractivity contribution is 0.417. The van der Waals surface area contributed by atoms with Crippen LogP contribution in [0.2, 0.25) is 0 Å². The fraction of sp³-hybridized carbons (Fsp3) is 0.333. The van der Waals surface area contributed by atoms with Gasteiger partial charge in [-0.2, -0.15) is 0 Å². The van der Waals surface area contributed by atoms with Gasteiger partial charge in [0.15, 0.2) is 0 Å². The molecular formula is C15H20N2O2. The average molecular weight is 260 g/mol. The molecule has 0 spiro atoms. The molecule has 1 heterocycles. The number of hydrogen-bond donors (Lipinski definition) is 2. The molecule has 2 rings (SSSR count). The van der Waals surface area contributed by atoms with Crippen molar-refractivity contribution in [3.05, 3.63) is 42.4 Å². The number of hydrogen-bond acceptors (Lipinski definition) is 4. The minimum atomic E-state index is 0.305. The number of rotatable bonds is 6. The summed E-state index contributed by atoms with van der Waals surface area (Å²) in [4.78, 5) is 0. The van der Waals surface area contributed by atoms with Crippen molar-refractivity contribution in [2.45, 2.75) is 25.8 Å². The molecule has 0 saturated heterocycles. The Morgan fingerprint density at radius 1 is 1.32 bits per heavy atom. The van der Waals surface area contributed by atoms with E-state index in [1.165, 1.54) is 0 Å². The van der Waals surface area contributed by atoms with E-state index < -0.39 is 0 Å². The van der Waals surface area contributed by atoms with Gasteiger partial charge in [0.25, 0.3) is 0 Å². The zero-order chi connectivity index (χ0) is 13.7. The summed E-state index contributed by atoms with van der Waals surface area (Å²) in [5.74, 6) is 1.70. The van der Waals surface area contributed by atoms with Crippen LogP contribution in [-0.2, 0) is 6.42 Å². The third-order valence-electron chi connectivity index (χ3n) is 3.09. The summed E-state index contributed by atoms with van der Waals surface area (Å²) < 4.78 is 10.5. The molecule has 2 aromatic rings. The van der Waals surface area contributed by atoms with Crippen molar-refractivity contribution in [3.8, 4) is 5.75 Å². The summed E-state index contributed by atoms with van der Waals surface area (Å²) in [6.07, 6.45) is 3.59. The molecule has 0 fully saturated rings. The second kappa shape index (κ2) is 6.18. The molecule has 0 amide bonds. The van der Waals surface area contributed by atoms with Gasteiger partial charge in [0, 0.05) is 12.5 Å². The van der Waals surface area contributed by atoms with E-state index in [1.54, 1.807) is 13.4 Å². The maximum absolute atomic E-state index is 6.03. The molecule has 0 saturated carbocycles. The molecule has 3 N–H and O–H groups in total. The number of para-hydroxylation sites is 1. The number of aryl methyl sites for hydroxylation is 1. The van der Waals surface area contributed by atoms with Crippen molar-refractivity contribution < 1.29 is 9.15 Å². The molecule has 0 aliphatic rings. The van der Waals surface area contributed by atoms with Gasteiger partial charge in [0.05, 0.1) is 24.7 Å². The Bertz CT molecular complexity index is 509. The predicted molar refractivity (Wildman–Crippen MR) is 77.5 cm³/mol. The minimum absolute atomic E-state index is 0.305. The molecule has 1 aromatic heterocycles. The Morgan fingerprint density at radius 3 is 2.84 bits per heavy atom. The standard InChI is InChI=1S/C15H20N2O2/c1-11(8-9-12-5-4-10-19-12)17-13-6-3-7-14(18-2)15(13)16/h3-7,10-11,17H,8-9,16H2,1-2H3. The van der Waals surface area contributed by atoms with Gasteiger partial charge in [-0.25, -0.2) is 0 Å². The van der Waals surface area contributed by atoms with Crippen LogP contribution in [0.3, 0.4) is 0 Å². The Kier molecular flexibility index (Phi) is 4.34. The van der Waals surface area contributed by atoms with Gasteiger partial charge in [-0.3, -0.25) is 0 Å². The maximum atomic E-state index is 6.03. The van der Waals surface area contributed by atoms with Crippen LogP contribution in [0.1, 0.15) is 19.1 Å². The third kappa shape index (κ3) is 3.44. The SMILES string of the molecule is COc1cccc(NC(C)CCc2ccco2)c1N. The monoisotopic (exact) mass is 260 g/mol. The van der Waals surface area contributed by atoms with Crippen LogP contribution in [0, 0.1) is 0 Å². The highest BCUT2D eigenvalue weighted by Gasteiger charge is 2.09. The lowest BCUT2D eigenvalue weighted by Gasteiger charge is -2.17. The zero-order valence-corrected chi connectivity index (χ0v) is 11.3. The molecule has 4 nitrogen and oxygen atoms in total. The van der Waals surface area contributed by atoms with Gasteiger partial charge in [0.2, 0.25) is 0 Å². The molecule has 0 aliphatic heterocycles. The summed E-state index contributed by atoms with van der Waals surface area (Å²) in [5, 5.41) is 3.40. The number of nitrogens with two attached hydrogens (primary N) is 1. The van der Waals surface area contributed by atoms with Crippen LogP contribution in [0.25, 0.3) is 0 Å². The Labute approximate surface area is 113 Å². The Hall–Kier alpha value is -2.10. The number of furan rings is 1. The lowest BCUT2D eigenvalue weighted by atomic mass is 10.1. The quantitative estimate of drug-likeness (QED) is 0.782. The van der Waals surface area contributed by atoms with Crippen molar-refractivity contribution in [2.24, 2.45) is 0 Å². The van der Waals surface area contributed by atoms with Gasteiger partial charge < -0.3 is 20.2 Å². The van der Waals surface area contributed by atoms with Crippen LogP contribution in [0.4, 0.5) is 11.4 Å². The Morgan fingerprint density at radius 2 is 2.16 bits per heavy atom. The third-order valence-corrected chi connectivity index (χ3v) is 3.09. The van der Waals surface area contributed by atoms with Crippen molar-refractivity contribution in [1.29, 1.82) is 0 Å². The Balaban J connectivity index is 1.93. The molecule has 1 aromatic carbocycles. The fourth-order valence-electron chi connectivity index (χ4n) is 2.00. The first kappa shape index (κ1) is 13.3. The minimum Gasteiger partial charge on any atom is -0.495 e. The van der Waals surface area contributed by atoms with E-state index in [0.29, 0.717) is 17.5 Å².